The van der Waals surface area contributed by atoms with Gasteiger partial charge in [0, 0.05) is 24.9 Å². The fourth-order valence-corrected chi connectivity index (χ4v) is 2.51. The van der Waals surface area contributed by atoms with Crippen LogP contribution in [-0.2, 0) is 17.6 Å². The monoisotopic (exact) mass is 237 g/mol. The third-order valence-electron chi connectivity index (χ3n) is 3.73. The van der Waals surface area contributed by atoms with Crippen LogP contribution in [-0.4, -0.2) is 30.5 Å². The lowest BCUT2D eigenvalue weighted by Gasteiger charge is -2.25. The topological polar surface area (TPSA) is 49.9 Å². The van der Waals surface area contributed by atoms with Gasteiger partial charge in [0.05, 0.1) is 6.61 Å². The minimum Gasteiger partial charge on any atom is -0.383 e. The van der Waals surface area contributed by atoms with E-state index in [4.69, 9.17) is 4.74 Å². The van der Waals surface area contributed by atoms with E-state index in [9.17, 15) is 0 Å². The van der Waals surface area contributed by atoms with Gasteiger partial charge in [-0.15, -0.1) is 0 Å². The molecule has 0 amide bonds. The molecule has 1 heterocycles. The molecule has 4 heteroatoms. The second kappa shape index (κ2) is 5.54. The first-order chi connectivity index (χ1) is 8.22. The zero-order valence-corrected chi connectivity index (χ0v) is 11.0. The van der Waals surface area contributed by atoms with Crippen molar-refractivity contribution >= 4 is 5.82 Å². The molecule has 0 saturated carbocycles. The molecule has 1 aromatic heterocycles. The number of anilines is 1. The van der Waals surface area contributed by atoms with Crippen molar-refractivity contribution in [2.24, 2.45) is 11.8 Å². The first-order valence-electron chi connectivity index (χ1n) is 6.51. The first kappa shape index (κ1) is 12.4. The number of hydrogen-bond acceptors (Lipinski definition) is 3. The van der Waals surface area contributed by atoms with E-state index in [1.54, 1.807) is 7.11 Å². The molecular formula is C13H23N3O. The Morgan fingerprint density at radius 3 is 3.06 bits per heavy atom. The maximum atomic E-state index is 5.04. The zero-order valence-electron chi connectivity index (χ0n) is 11.0. The molecule has 0 spiro atoms. The van der Waals surface area contributed by atoms with Crippen LogP contribution in [0.15, 0.2) is 0 Å². The van der Waals surface area contributed by atoms with E-state index in [0.29, 0.717) is 0 Å². The van der Waals surface area contributed by atoms with E-state index in [1.165, 1.54) is 17.7 Å². The highest BCUT2D eigenvalue weighted by molar-refractivity contribution is 5.47. The Kier molecular flexibility index (Phi) is 4.05. The Morgan fingerprint density at radius 1 is 1.53 bits per heavy atom. The highest BCUT2D eigenvalue weighted by atomic mass is 16.5. The van der Waals surface area contributed by atoms with Gasteiger partial charge in [0.1, 0.15) is 0 Å². The average Bonchev–Trinajstić information content (AvgIpc) is 2.72. The second-order valence-electron chi connectivity index (χ2n) is 5.20. The first-order valence-corrected chi connectivity index (χ1v) is 6.51. The minimum absolute atomic E-state index is 0.718. The number of aromatic amines is 1. The molecule has 0 aliphatic heterocycles. The number of rotatable bonds is 5. The highest BCUT2D eigenvalue weighted by Crippen LogP contribution is 2.32. The number of aromatic nitrogens is 2. The molecule has 1 atom stereocenters. The van der Waals surface area contributed by atoms with E-state index in [1.807, 2.05) is 0 Å². The summed E-state index contributed by atoms with van der Waals surface area (Å²) in [5.41, 5.74) is 2.72. The molecule has 2 N–H and O–H groups in total. The Morgan fingerprint density at radius 2 is 2.35 bits per heavy atom. The molecule has 0 fully saturated rings. The molecule has 1 unspecified atom stereocenters. The van der Waals surface area contributed by atoms with Gasteiger partial charge in [-0.2, -0.15) is 5.10 Å². The molecule has 0 aromatic carbocycles. The smallest absolute Gasteiger partial charge is 0.151 e. The predicted octanol–water partition coefficient (Wildman–Crippen LogP) is 2.23. The van der Waals surface area contributed by atoms with Crippen molar-refractivity contribution in [2.75, 3.05) is 25.6 Å². The van der Waals surface area contributed by atoms with E-state index in [-0.39, 0.29) is 0 Å². The van der Waals surface area contributed by atoms with Crippen LogP contribution in [0.4, 0.5) is 5.82 Å². The summed E-state index contributed by atoms with van der Waals surface area (Å²) in [6.07, 6.45) is 3.57. The van der Waals surface area contributed by atoms with Crippen molar-refractivity contribution in [1.82, 2.24) is 10.2 Å². The van der Waals surface area contributed by atoms with Gasteiger partial charge in [0.25, 0.3) is 0 Å². The van der Waals surface area contributed by atoms with E-state index < -0.39 is 0 Å². The van der Waals surface area contributed by atoms with Gasteiger partial charge in [0.15, 0.2) is 5.82 Å². The highest BCUT2D eigenvalue weighted by Gasteiger charge is 2.25. The number of hydrogen-bond donors (Lipinski definition) is 2. The van der Waals surface area contributed by atoms with E-state index in [2.05, 4.69) is 29.4 Å². The number of H-pyrrole nitrogens is 1. The number of methoxy groups -OCH3 is 1. The predicted molar refractivity (Wildman–Crippen MR) is 69.3 cm³/mol. The molecule has 0 bridgehead atoms. The Labute approximate surface area is 103 Å². The van der Waals surface area contributed by atoms with Gasteiger partial charge in [-0.25, -0.2) is 0 Å². The molecular weight excluding hydrogens is 214 g/mol. The van der Waals surface area contributed by atoms with Gasteiger partial charge in [-0.1, -0.05) is 13.8 Å². The van der Waals surface area contributed by atoms with Crippen molar-refractivity contribution in [3.8, 4) is 0 Å². The van der Waals surface area contributed by atoms with E-state index >= 15 is 0 Å². The van der Waals surface area contributed by atoms with Crippen molar-refractivity contribution < 1.29 is 4.74 Å². The summed E-state index contributed by atoms with van der Waals surface area (Å²) in [6.45, 7) is 6.16. The molecule has 2 rings (SSSR count). The standard InChI is InChI=1S/C13H23N3O/c1-9(2)10-4-5-12-11(8-10)13(16-15-12)14-6-7-17-3/h9-10H,4-8H2,1-3H3,(H2,14,15,16). The summed E-state index contributed by atoms with van der Waals surface area (Å²) < 4.78 is 5.04. The Hall–Kier alpha value is -1.03. The van der Waals surface area contributed by atoms with Crippen LogP contribution < -0.4 is 5.32 Å². The molecule has 0 saturated heterocycles. The van der Waals surface area contributed by atoms with Crippen LogP contribution in [0.25, 0.3) is 0 Å². The van der Waals surface area contributed by atoms with Gasteiger partial charge in [-0.3, -0.25) is 5.10 Å². The summed E-state index contributed by atoms with van der Waals surface area (Å²) in [6, 6.07) is 0. The number of nitrogens with one attached hydrogen (secondary N) is 2. The van der Waals surface area contributed by atoms with Crippen LogP contribution in [0.1, 0.15) is 31.5 Å². The van der Waals surface area contributed by atoms with Crippen molar-refractivity contribution in [3.63, 3.8) is 0 Å². The summed E-state index contributed by atoms with van der Waals surface area (Å²) >= 11 is 0. The van der Waals surface area contributed by atoms with Crippen LogP contribution in [0.3, 0.4) is 0 Å². The second-order valence-corrected chi connectivity index (χ2v) is 5.20. The van der Waals surface area contributed by atoms with Crippen LogP contribution in [0.2, 0.25) is 0 Å². The number of ether oxygens (including phenoxy) is 1. The summed E-state index contributed by atoms with van der Waals surface area (Å²) in [4.78, 5) is 0. The fraction of sp³-hybridized carbons (Fsp3) is 0.769. The number of fused-ring (bicyclic) bond motifs is 1. The van der Waals surface area contributed by atoms with Crippen LogP contribution >= 0.6 is 0 Å². The molecule has 0 radical (unpaired) electrons. The number of nitrogens with zero attached hydrogens (tertiary/aromatic N) is 1. The largest absolute Gasteiger partial charge is 0.383 e. The third kappa shape index (κ3) is 2.80. The minimum atomic E-state index is 0.718. The zero-order chi connectivity index (χ0) is 12.3. The van der Waals surface area contributed by atoms with E-state index in [0.717, 1.165) is 43.6 Å². The lowest BCUT2D eigenvalue weighted by molar-refractivity contribution is 0.210. The summed E-state index contributed by atoms with van der Waals surface area (Å²) in [7, 11) is 1.72. The Bertz CT molecular complexity index is 360. The van der Waals surface area contributed by atoms with Gasteiger partial charge < -0.3 is 10.1 Å². The van der Waals surface area contributed by atoms with Gasteiger partial charge in [-0.05, 0) is 31.1 Å². The van der Waals surface area contributed by atoms with Crippen molar-refractivity contribution in [2.45, 2.75) is 33.1 Å². The molecule has 1 aliphatic rings. The quantitative estimate of drug-likeness (QED) is 0.772. The normalized spacial score (nSPS) is 19.4. The third-order valence-corrected chi connectivity index (χ3v) is 3.73. The molecule has 96 valence electrons. The van der Waals surface area contributed by atoms with Gasteiger partial charge in [0.2, 0.25) is 0 Å². The SMILES string of the molecule is COCCNc1n[nH]c2c1CC(C(C)C)CC2. The van der Waals surface area contributed by atoms with Crippen molar-refractivity contribution in [3.05, 3.63) is 11.3 Å². The molecule has 17 heavy (non-hydrogen) atoms. The van der Waals surface area contributed by atoms with Gasteiger partial charge >= 0.3 is 0 Å². The maximum absolute atomic E-state index is 5.04. The fourth-order valence-electron chi connectivity index (χ4n) is 2.51. The lowest BCUT2D eigenvalue weighted by Crippen LogP contribution is -2.19. The molecule has 1 aliphatic carbocycles. The molecule has 4 nitrogen and oxygen atoms in total. The Balaban J connectivity index is 2.03. The maximum Gasteiger partial charge on any atom is 0.151 e. The summed E-state index contributed by atoms with van der Waals surface area (Å²) in [5.74, 6) is 2.58. The van der Waals surface area contributed by atoms with Crippen molar-refractivity contribution in [1.29, 1.82) is 0 Å². The summed E-state index contributed by atoms with van der Waals surface area (Å²) in [5, 5.41) is 10.9. The van der Waals surface area contributed by atoms with Crippen LogP contribution in [0, 0.1) is 11.8 Å². The lowest BCUT2D eigenvalue weighted by atomic mass is 9.80. The molecule has 1 aromatic rings. The average molecular weight is 237 g/mol. The number of aryl methyl sites for hydroxylation is 1. The van der Waals surface area contributed by atoms with Crippen LogP contribution in [0.5, 0.6) is 0 Å².